The predicted octanol–water partition coefficient (Wildman–Crippen LogP) is 5.28. The van der Waals surface area contributed by atoms with Gasteiger partial charge in [0.25, 0.3) is 0 Å². The molecule has 5 heteroatoms. The highest BCUT2D eigenvalue weighted by molar-refractivity contribution is 9.11. The molecule has 1 N–H and O–H groups in total. The zero-order valence-electron chi connectivity index (χ0n) is 9.71. The molecule has 0 heterocycles. The first kappa shape index (κ1) is 15.0. The molecule has 0 aliphatic carbocycles. The molecule has 0 saturated heterocycles. The van der Waals surface area contributed by atoms with E-state index >= 15 is 0 Å². The normalized spacial score (nSPS) is 12.5. The van der Waals surface area contributed by atoms with E-state index < -0.39 is 6.10 Å². The quantitative estimate of drug-likeness (QED) is 0.733. The Hall–Kier alpha value is -0.420. The number of hydrogen-bond acceptors (Lipinski definition) is 1. The third-order valence-electron chi connectivity index (χ3n) is 2.74. The van der Waals surface area contributed by atoms with E-state index in [1.165, 1.54) is 18.2 Å². The van der Waals surface area contributed by atoms with Crippen LogP contribution in [0, 0.1) is 5.82 Å². The molecule has 0 saturated carbocycles. The van der Waals surface area contributed by atoms with Crippen molar-refractivity contribution >= 4 is 43.5 Å². The van der Waals surface area contributed by atoms with Crippen LogP contribution < -0.4 is 0 Å². The number of hydrogen-bond donors (Lipinski definition) is 1. The smallest absolute Gasteiger partial charge is 0.123 e. The number of aliphatic hydroxyl groups excluding tert-OH is 1. The van der Waals surface area contributed by atoms with E-state index in [9.17, 15) is 9.50 Å². The van der Waals surface area contributed by atoms with E-state index in [2.05, 4.69) is 31.9 Å². The van der Waals surface area contributed by atoms with Gasteiger partial charge < -0.3 is 5.11 Å². The standard InChI is InChI=1S/C14H10Br2ClFO/c15-9-1-3-12(16)11(7-9)14(19)6-8-5-10(18)2-4-13(8)17/h1-5,7,14,19H,6H2. The number of aliphatic hydroxyl groups is 1. The van der Waals surface area contributed by atoms with Gasteiger partial charge in [0.05, 0.1) is 6.10 Å². The van der Waals surface area contributed by atoms with Crippen molar-refractivity contribution in [1.82, 2.24) is 0 Å². The van der Waals surface area contributed by atoms with Gasteiger partial charge in [0, 0.05) is 20.4 Å². The van der Waals surface area contributed by atoms with Crippen molar-refractivity contribution in [3.63, 3.8) is 0 Å². The van der Waals surface area contributed by atoms with Crippen molar-refractivity contribution in [1.29, 1.82) is 0 Å². The first-order chi connectivity index (χ1) is 8.97. The summed E-state index contributed by atoms with van der Waals surface area (Å²) in [5, 5.41) is 10.7. The van der Waals surface area contributed by atoms with Crippen LogP contribution in [0.3, 0.4) is 0 Å². The van der Waals surface area contributed by atoms with Crippen LogP contribution in [0.25, 0.3) is 0 Å². The van der Waals surface area contributed by atoms with Gasteiger partial charge in [-0.1, -0.05) is 43.5 Å². The topological polar surface area (TPSA) is 20.2 Å². The van der Waals surface area contributed by atoms with Crippen LogP contribution in [0.15, 0.2) is 45.3 Å². The van der Waals surface area contributed by atoms with Crippen molar-refractivity contribution in [2.75, 3.05) is 0 Å². The molecule has 0 fully saturated rings. The average Bonchev–Trinajstić information content (AvgIpc) is 2.36. The van der Waals surface area contributed by atoms with Crippen LogP contribution in [-0.2, 0) is 6.42 Å². The summed E-state index contributed by atoms with van der Waals surface area (Å²) < 4.78 is 14.9. The van der Waals surface area contributed by atoms with Gasteiger partial charge in [0.1, 0.15) is 5.82 Å². The third-order valence-corrected chi connectivity index (χ3v) is 4.32. The van der Waals surface area contributed by atoms with Crippen molar-refractivity contribution < 1.29 is 9.50 Å². The van der Waals surface area contributed by atoms with Gasteiger partial charge in [-0.3, -0.25) is 0 Å². The summed E-state index contributed by atoms with van der Waals surface area (Å²) in [5.74, 6) is -0.361. The number of rotatable bonds is 3. The average molecular weight is 408 g/mol. The lowest BCUT2D eigenvalue weighted by Gasteiger charge is -2.14. The first-order valence-corrected chi connectivity index (χ1v) is 7.50. The Balaban J connectivity index is 2.27. The fourth-order valence-electron chi connectivity index (χ4n) is 1.79. The molecule has 0 amide bonds. The molecule has 100 valence electrons. The molecule has 0 bridgehead atoms. The lowest BCUT2D eigenvalue weighted by atomic mass is 10.0. The Bertz CT molecular complexity index is 604. The van der Waals surface area contributed by atoms with Gasteiger partial charge >= 0.3 is 0 Å². The minimum absolute atomic E-state index is 0.256. The molecule has 1 unspecified atom stereocenters. The summed E-state index contributed by atoms with van der Waals surface area (Å²) in [6.07, 6.45) is -0.503. The monoisotopic (exact) mass is 406 g/mol. The highest BCUT2D eigenvalue weighted by atomic mass is 79.9. The molecule has 0 aromatic heterocycles. The summed E-state index contributed by atoms with van der Waals surface area (Å²) in [6, 6.07) is 9.67. The van der Waals surface area contributed by atoms with Crippen LogP contribution in [-0.4, -0.2) is 5.11 Å². The third kappa shape index (κ3) is 3.78. The molecule has 0 radical (unpaired) electrons. The van der Waals surface area contributed by atoms with Gasteiger partial charge in [-0.05, 0) is 47.5 Å². The zero-order valence-corrected chi connectivity index (χ0v) is 13.6. The lowest BCUT2D eigenvalue weighted by Crippen LogP contribution is -2.03. The summed E-state index contributed by atoms with van der Waals surface area (Å²) >= 11 is 12.7. The van der Waals surface area contributed by atoms with Gasteiger partial charge in [0.15, 0.2) is 0 Å². The molecule has 1 nitrogen and oxygen atoms in total. The van der Waals surface area contributed by atoms with Crippen LogP contribution in [0.4, 0.5) is 4.39 Å². The summed E-state index contributed by atoms with van der Waals surface area (Å²) in [5.41, 5.74) is 1.32. The lowest BCUT2D eigenvalue weighted by molar-refractivity contribution is 0.177. The van der Waals surface area contributed by atoms with Gasteiger partial charge in [-0.15, -0.1) is 0 Å². The van der Waals surface area contributed by atoms with Crippen LogP contribution >= 0.6 is 43.5 Å². The zero-order chi connectivity index (χ0) is 14.0. The molecule has 0 aliphatic rings. The molecule has 2 aromatic carbocycles. The molecule has 0 spiro atoms. The van der Waals surface area contributed by atoms with E-state index in [0.29, 0.717) is 10.6 Å². The second-order valence-electron chi connectivity index (χ2n) is 4.12. The van der Waals surface area contributed by atoms with Gasteiger partial charge in [0.2, 0.25) is 0 Å². The predicted molar refractivity (Wildman–Crippen MR) is 81.9 cm³/mol. The largest absolute Gasteiger partial charge is 0.388 e. The highest BCUT2D eigenvalue weighted by Gasteiger charge is 2.14. The Kier molecular flexibility index (Phi) is 5.01. The number of benzene rings is 2. The van der Waals surface area contributed by atoms with Crippen molar-refractivity contribution in [2.45, 2.75) is 12.5 Å². The summed E-state index contributed by atoms with van der Waals surface area (Å²) in [6.45, 7) is 0. The van der Waals surface area contributed by atoms with Crippen LogP contribution in [0.5, 0.6) is 0 Å². The Labute approximate surface area is 132 Å². The van der Waals surface area contributed by atoms with Gasteiger partial charge in [-0.25, -0.2) is 4.39 Å². The van der Waals surface area contributed by atoms with E-state index in [-0.39, 0.29) is 12.2 Å². The molecular weight excluding hydrogens is 398 g/mol. The molecule has 0 aliphatic heterocycles. The Morgan fingerprint density at radius 3 is 2.63 bits per heavy atom. The van der Waals surface area contributed by atoms with E-state index in [0.717, 1.165) is 14.5 Å². The first-order valence-electron chi connectivity index (χ1n) is 5.54. The molecule has 2 aromatic rings. The summed E-state index contributed by atoms with van der Waals surface area (Å²) in [7, 11) is 0. The minimum atomic E-state index is -0.758. The van der Waals surface area contributed by atoms with E-state index in [1.54, 1.807) is 0 Å². The van der Waals surface area contributed by atoms with E-state index in [4.69, 9.17) is 11.6 Å². The molecule has 2 rings (SSSR count). The molecule has 19 heavy (non-hydrogen) atoms. The minimum Gasteiger partial charge on any atom is -0.388 e. The summed E-state index contributed by atoms with van der Waals surface area (Å²) in [4.78, 5) is 0. The SMILES string of the molecule is OC(Cc1cc(F)ccc1Cl)c1cc(Br)ccc1Br. The fraction of sp³-hybridized carbons (Fsp3) is 0.143. The van der Waals surface area contributed by atoms with E-state index in [1.807, 2.05) is 18.2 Å². The van der Waals surface area contributed by atoms with Crippen molar-refractivity contribution in [3.8, 4) is 0 Å². The highest BCUT2D eigenvalue weighted by Crippen LogP contribution is 2.30. The maximum absolute atomic E-state index is 13.2. The van der Waals surface area contributed by atoms with Crippen molar-refractivity contribution in [3.05, 3.63) is 67.3 Å². The van der Waals surface area contributed by atoms with Crippen LogP contribution in [0.1, 0.15) is 17.2 Å². The van der Waals surface area contributed by atoms with Crippen molar-refractivity contribution in [2.24, 2.45) is 0 Å². The molecular formula is C14H10Br2ClFO. The fourth-order valence-corrected chi connectivity index (χ4v) is 2.87. The Morgan fingerprint density at radius 2 is 1.89 bits per heavy atom. The molecule has 1 atom stereocenters. The maximum Gasteiger partial charge on any atom is 0.123 e. The van der Waals surface area contributed by atoms with Gasteiger partial charge in [-0.2, -0.15) is 0 Å². The maximum atomic E-state index is 13.2. The second-order valence-corrected chi connectivity index (χ2v) is 6.30. The second kappa shape index (κ2) is 6.35. The van der Waals surface area contributed by atoms with Crippen LogP contribution in [0.2, 0.25) is 5.02 Å². The Morgan fingerprint density at radius 1 is 1.16 bits per heavy atom. The number of halogens is 4.